The largest absolute Gasteiger partial charge is 0.458 e. The molecule has 4 aromatic heterocycles. The van der Waals surface area contributed by atoms with Crippen molar-refractivity contribution in [2.45, 2.75) is 26.2 Å². The minimum Gasteiger partial charge on any atom is -0.458 e. The Kier molecular flexibility index (Phi) is 8.61. The van der Waals surface area contributed by atoms with Gasteiger partial charge >= 0.3 is 0 Å². The summed E-state index contributed by atoms with van der Waals surface area (Å²) in [6.07, 6.45) is 5.74. The molecule has 82 heavy (non-hydrogen) atoms. The standard InChI is InChI=1S/C76H53N5O/c1-76(2,3)52-41-42-77-72(45-52)81-68-37-17-14-31-61(68)62-40-39-55(47-70(62)81)82-54-26-18-25-53(46-54)78-48-79-74-64(34-20-38-69(74)80-66-35-15-12-29-59(66)60-30-13-16-36-67(60)80)73-56(50-23-8-5-9-24-50)32-19-33-63(73)57-27-10-11-28-58(57)65-43-51(44-71(78)75(65)79)49-21-6-4-7-22-49/h4-47H,1-3H3/i4D,5D,6D,7D,8D,9D,21D,22D,23D,24D. The maximum Gasteiger partial charge on any atom is 0.269 e. The lowest BCUT2D eigenvalue weighted by atomic mass is 9.84. The molecule has 0 N–H and O–H groups in total. The van der Waals surface area contributed by atoms with Crippen molar-refractivity contribution in [2.75, 3.05) is 0 Å². The first-order chi connectivity index (χ1) is 44.5. The number of benzene rings is 11. The van der Waals surface area contributed by atoms with Crippen LogP contribution in [0.3, 0.4) is 0 Å². The van der Waals surface area contributed by atoms with Gasteiger partial charge in [0.05, 0.1) is 63.9 Å². The Hall–Kier alpha value is -10.6. The summed E-state index contributed by atoms with van der Waals surface area (Å²) < 4.78 is 106. The van der Waals surface area contributed by atoms with Crippen LogP contribution < -0.4 is 9.30 Å². The van der Waals surface area contributed by atoms with Gasteiger partial charge in [0.25, 0.3) is 6.33 Å². The molecule has 11 aromatic carbocycles. The second-order valence-corrected chi connectivity index (χ2v) is 21.8. The van der Waals surface area contributed by atoms with Crippen molar-refractivity contribution in [1.29, 1.82) is 0 Å². The summed E-state index contributed by atoms with van der Waals surface area (Å²) in [5, 5.41) is 4.14. The van der Waals surface area contributed by atoms with Gasteiger partial charge in [-0.3, -0.25) is 13.7 Å². The summed E-state index contributed by atoms with van der Waals surface area (Å²) in [5.41, 5.74) is 12.6. The van der Waals surface area contributed by atoms with Crippen LogP contribution in [0.4, 0.5) is 0 Å². The van der Waals surface area contributed by atoms with Gasteiger partial charge < -0.3 is 9.30 Å². The normalized spacial score (nSPS) is 13.8. The number of hydrogen-bond donors (Lipinski definition) is 0. The van der Waals surface area contributed by atoms with E-state index in [1.165, 1.54) is 0 Å². The summed E-state index contributed by atoms with van der Waals surface area (Å²) in [6.45, 7) is 6.57. The molecule has 6 heteroatoms. The number of para-hydroxylation sites is 4. The van der Waals surface area contributed by atoms with Crippen LogP contribution in [0.15, 0.2) is 267 Å². The molecule has 0 atom stereocenters. The molecule has 0 aliphatic carbocycles. The molecule has 1 aliphatic rings. The molecule has 15 aromatic rings. The molecule has 0 amide bonds. The number of nitrogens with zero attached hydrogens (tertiary/aromatic N) is 5. The van der Waals surface area contributed by atoms with Gasteiger partial charge in [-0.05, 0) is 139 Å². The highest BCUT2D eigenvalue weighted by Crippen LogP contribution is 2.49. The van der Waals surface area contributed by atoms with Gasteiger partial charge in [0, 0.05) is 33.8 Å². The van der Waals surface area contributed by atoms with Crippen molar-refractivity contribution in [3.63, 3.8) is 0 Å². The van der Waals surface area contributed by atoms with E-state index in [1.54, 1.807) is 0 Å². The minimum absolute atomic E-state index is 0.00580. The second kappa shape index (κ2) is 18.5. The average molecular weight is 1060 g/mol. The molecular weight excluding hydrogens is 999 g/mol. The third-order valence-electron chi connectivity index (χ3n) is 16.0. The highest BCUT2D eigenvalue weighted by Gasteiger charge is 2.30. The van der Waals surface area contributed by atoms with Crippen LogP contribution >= 0.6 is 0 Å². The molecule has 6 nitrogen and oxygen atoms in total. The monoisotopic (exact) mass is 1060 g/mol. The fourth-order valence-corrected chi connectivity index (χ4v) is 12.4. The zero-order chi connectivity index (χ0) is 63.3. The molecule has 0 radical (unpaired) electrons. The van der Waals surface area contributed by atoms with E-state index in [0.29, 0.717) is 72.9 Å². The summed E-state index contributed by atoms with van der Waals surface area (Å²) in [7, 11) is 0. The van der Waals surface area contributed by atoms with Crippen LogP contribution in [-0.4, -0.2) is 18.7 Å². The summed E-state index contributed by atoms with van der Waals surface area (Å²) in [6, 6.07) is 61.6. The van der Waals surface area contributed by atoms with E-state index in [-0.39, 0.29) is 40.7 Å². The zero-order valence-electron chi connectivity index (χ0n) is 54.8. The Morgan fingerprint density at radius 2 is 1.04 bits per heavy atom. The highest BCUT2D eigenvalue weighted by molar-refractivity contribution is 6.12. The summed E-state index contributed by atoms with van der Waals surface area (Å²) in [4.78, 5) is 4.91. The molecule has 0 bridgehead atoms. The van der Waals surface area contributed by atoms with Crippen LogP contribution in [0.1, 0.15) is 40.0 Å². The predicted molar refractivity (Wildman–Crippen MR) is 336 cm³/mol. The van der Waals surface area contributed by atoms with Crippen LogP contribution in [0.25, 0.3) is 133 Å². The van der Waals surface area contributed by atoms with Crippen LogP contribution in [0, 0.1) is 6.33 Å². The topological polar surface area (TPSA) is 40.8 Å². The lowest BCUT2D eigenvalue weighted by Gasteiger charge is -2.22. The second-order valence-electron chi connectivity index (χ2n) is 21.8. The average Bonchev–Trinajstić information content (AvgIpc) is 1.51. The first-order valence-electron chi connectivity index (χ1n) is 32.3. The van der Waals surface area contributed by atoms with Crippen molar-refractivity contribution in [3.05, 3.63) is 279 Å². The maximum absolute atomic E-state index is 9.52. The molecule has 388 valence electrons. The fraction of sp³-hybridized carbons (Fsp3) is 0.0526. The summed E-state index contributed by atoms with van der Waals surface area (Å²) >= 11 is 0. The molecule has 0 saturated heterocycles. The van der Waals surface area contributed by atoms with Crippen molar-refractivity contribution in [2.24, 2.45) is 0 Å². The number of imidazole rings is 1. The lowest BCUT2D eigenvalue weighted by Crippen LogP contribution is -2.33. The molecule has 5 heterocycles. The maximum atomic E-state index is 9.52. The molecule has 0 fully saturated rings. The van der Waals surface area contributed by atoms with E-state index in [0.717, 1.165) is 66.2 Å². The Bertz CT molecular complexity index is 5590. The quantitative estimate of drug-likeness (QED) is 0.118. The Morgan fingerprint density at radius 3 is 1.76 bits per heavy atom. The predicted octanol–water partition coefficient (Wildman–Crippen LogP) is 19.0. The first-order valence-corrected chi connectivity index (χ1v) is 27.3. The van der Waals surface area contributed by atoms with Crippen LogP contribution in [-0.2, 0) is 5.41 Å². The van der Waals surface area contributed by atoms with Crippen molar-refractivity contribution in [1.82, 2.24) is 18.7 Å². The van der Waals surface area contributed by atoms with Gasteiger partial charge in [-0.2, -0.15) is 0 Å². The van der Waals surface area contributed by atoms with Gasteiger partial charge in [0.2, 0.25) is 0 Å². The smallest absolute Gasteiger partial charge is 0.269 e. The van der Waals surface area contributed by atoms with E-state index >= 15 is 0 Å². The molecule has 16 rings (SSSR count). The zero-order valence-corrected chi connectivity index (χ0v) is 44.8. The first kappa shape index (κ1) is 38.1. The van der Waals surface area contributed by atoms with Crippen LogP contribution in [0.5, 0.6) is 11.5 Å². The van der Waals surface area contributed by atoms with E-state index < -0.39 is 36.3 Å². The van der Waals surface area contributed by atoms with Gasteiger partial charge in [-0.25, -0.2) is 4.98 Å². The number of aromatic nitrogens is 5. The van der Waals surface area contributed by atoms with E-state index in [9.17, 15) is 5.48 Å². The van der Waals surface area contributed by atoms with E-state index in [2.05, 4.69) is 96.9 Å². The summed E-state index contributed by atoms with van der Waals surface area (Å²) in [5.74, 6) is 1.86. The van der Waals surface area contributed by atoms with Gasteiger partial charge in [-0.1, -0.05) is 203 Å². The van der Waals surface area contributed by atoms with Gasteiger partial charge in [-0.15, -0.1) is 0 Å². The number of fused-ring (bicyclic) bond motifs is 13. The molecule has 0 spiro atoms. The number of rotatable bonds is 7. The Morgan fingerprint density at radius 1 is 0.451 bits per heavy atom. The molecule has 0 saturated carbocycles. The third-order valence-corrected chi connectivity index (χ3v) is 16.0. The number of hydrogen-bond acceptors (Lipinski definition) is 2. The molecule has 1 aliphatic heterocycles. The highest BCUT2D eigenvalue weighted by atomic mass is 16.5. The third kappa shape index (κ3) is 7.49. The van der Waals surface area contributed by atoms with Gasteiger partial charge in [0.15, 0.2) is 0 Å². The number of pyridine rings is 1. The SMILES string of the molecule is [2H]c1c([2H])c([2H])c(-c2cc3c4c(c2)n(-c2cccc(Oc5ccc6c7ccccc7n(-c7cc(C(C)(C)C)ccn7)c6c5)c2)[c-][n+]4-c2c(cccc2-n2c4ccccc4c4ccccc42)-c2c(cccc2-c2c([2H])c([2H])c([2H])c([2H])c2[2H])-c2ccccc2-3)c([2H])c1[2H]. The van der Waals surface area contributed by atoms with Gasteiger partial charge in [0.1, 0.15) is 17.3 Å². The molecule has 0 unspecified atom stereocenters. The Balaban J connectivity index is 1.01. The lowest BCUT2D eigenvalue weighted by molar-refractivity contribution is -0.571. The van der Waals surface area contributed by atoms with E-state index in [4.69, 9.17) is 17.9 Å². The fourth-order valence-electron chi connectivity index (χ4n) is 12.4. The van der Waals surface area contributed by atoms with Crippen LogP contribution in [0.2, 0.25) is 0 Å². The van der Waals surface area contributed by atoms with Crippen molar-refractivity contribution in [3.8, 4) is 90.0 Å². The Labute approximate surface area is 489 Å². The van der Waals surface area contributed by atoms with Crippen molar-refractivity contribution >= 4 is 54.6 Å². The van der Waals surface area contributed by atoms with Crippen molar-refractivity contribution < 1.29 is 23.0 Å². The molecular formula is C76H53N5O. The number of ether oxygens (including phenoxy) is 1. The van der Waals surface area contributed by atoms with E-state index in [1.807, 2.05) is 155 Å². The minimum atomic E-state index is -0.514.